The zero-order valence-corrected chi connectivity index (χ0v) is 9.52. The van der Waals surface area contributed by atoms with Crippen molar-refractivity contribution in [2.45, 2.75) is 0 Å². The van der Waals surface area contributed by atoms with Gasteiger partial charge in [0.1, 0.15) is 10.8 Å². The molecule has 1 aromatic carbocycles. The molecule has 2 nitrogen and oxygen atoms in total. The van der Waals surface area contributed by atoms with E-state index in [9.17, 15) is 0 Å². The SMILES string of the molecule is N#CSC/C(=C\c1ccccc1)SC#N. The molecule has 4 heteroatoms. The van der Waals surface area contributed by atoms with Gasteiger partial charge < -0.3 is 0 Å². The Labute approximate surface area is 97.6 Å². The van der Waals surface area contributed by atoms with Crippen molar-refractivity contribution in [1.29, 1.82) is 10.5 Å². The molecule has 0 aliphatic heterocycles. The Kier molecular flexibility index (Phi) is 5.47. The van der Waals surface area contributed by atoms with E-state index >= 15 is 0 Å². The molecule has 0 bridgehead atoms. The van der Waals surface area contributed by atoms with Gasteiger partial charge in [-0.2, -0.15) is 10.5 Å². The van der Waals surface area contributed by atoms with E-state index in [4.69, 9.17) is 10.5 Å². The number of thiocyanates is 2. The highest BCUT2D eigenvalue weighted by Crippen LogP contribution is 2.21. The first-order valence-corrected chi connectivity index (χ1v) is 5.99. The van der Waals surface area contributed by atoms with Gasteiger partial charge in [0, 0.05) is 10.7 Å². The number of thioether (sulfide) groups is 2. The highest BCUT2D eigenvalue weighted by atomic mass is 32.2. The van der Waals surface area contributed by atoms with Crippen molar-refractivity contribution in [1.82, 2.24) is 0 Å². The first-order valence-electron chi connectivity index (χ1n) is 4.19. The molecule has 0 aromatic heterocycles. The lowest BCUT2D eigenvalue weighted by Crippen LogP contribution is -1.80. The van der Waals surface area contributed by atoms with Gasteiger partial charge >= 0.3 is 0 Å². The van der Waals surface area contributed by atoms with Crippen LogP contribution in [0.4, 0.5) is 0 Å². The minimum absolute atomic E-state index is 0.559. The van der Waals surface area contributed by atoms with Crippen molar-refractivity contribution in [3.05, 3.63) is 40.8 Å². The maximum atomic E-state index is 8.59. The second kappa shape index (κ2) is 7.00. The minimum Gasteiger partial charge on any atom is -0.185 e. The summed E-state index contributed by atoms with van der Waals surface area (Å²) in [6, 6.07) is 9.76. The van der Waals surface area contributed by atoms with Crippen LogP contribution in [0.15, 0.2) is 35.2 Å². The summed E-state index contributed by atoms with van der Waals surface area (Å²) < 4.78 is 0. The molecule has 1 aromatic rings. The van der Waals surface area contributed by atoms with Crippen molar-refractivity contribution in [3.8, 4) is 10.8 Å². The Morgan fingerprint density at radius 3 is 2.53 bits per heavy atom. The summed E-state index contributed by atoms with van der Waals surface area (Å²) in [5, 5.41) is 21.1. The molecule has 0 heterocycles. The number of hydrogen-bond donors (Lipinski definition) is 0. The molecular weight excluding hydrogens is 224 g/mol. The second-order valence-electron chi connectivity index (χ2n) is 2.59. The highest BCUT2D eigenvalue weighted by molar-refractivity contribution is 8.10. The topological polar surface area (TPSA) is 47.6 Å². The summed E-state index contributed by atoms with van der Waals surface area (Å²) in [6.07, 6.45) is 1.93. The molecule has 0 aliphatic carbocycles. The predicted octanol–water partition coefficient (Wildman–Crippen LogP) is 3.46. The molecule has 74 valence electrons. The van der Waals surface area contributed by atoms with Crippen LogP contribution in [0.1, 0.15) is 5.56 Å². The molecular formula is C11H8N2S2. The minimum atomic E-state index is 0.559. The maximum absolute atomic E-state index is 8.59. The molecule has 15 heavy (non-hydrogen) atoms. The van der Waals surface area contributed by atoms with Gasteiger partial charge in [0.25, 0.3) is 0 Å². The van der Waals surface area contributed by atoms with Gasteiger partial charge in [0.05, 0.1) is 0 Å². The van der Waals surface area contributed by atoms with E-state index in [-0.39, 0.29) is 0 Å². The lowest BCUT2D eigenvalue weighted by Gasteiger charge is -1.98. The van der Waals surface area contributed by atoms with Crippen molar-refractivity contribution in [3.63, 3.8) is 0 Å². The second-order valence-corrected chi connectivity index (χ2v) is 4.27. The quantitative estimate of drug-likeness (QED) is 0.746. The van der Waals surface area contributed by atoms with Gasteiger partial charge in [0.15, 0.2) is 0 Å². The normalized spacial score (nSPS) is 10.4. The number of hydrogen-bond acceptors (Lipinski definition) is 4. The van der Waals surface area contributed by atoms with Crippen LogP contribution in [0.25, 0.3) is 6.08 Å². The summed E-state index contributed by atoms with van der Waals surface area (Å²) in [7, 11) is 0. The first-order chi connectivity index (χ1) is 7.36. The molecule has 0 spiro atoms. The van der Waals surface area contributed by atoms with Gasteiger partial charge in [-0.3, -0.25) is 0 Å². The average Bonchev–Trinajstić information content (AvgIpc) is 2.28. The number of benzene rings is 1. The van der Waals surface area contributed by atoms with Crippen molar-refractivity contribution in [2.24, 2.45) is 0 Å². The van der Waals surface area contributed by atoms with Crippen molar-refractivity contribution in [2.75, 3.05) is 5.75 Å². The summed E-state index contributed by atoms with van der Waals surface area (Å²) in [6.45, 7) is 0. The summed E-state index contributed by atoms with van der Waals surface area (Å²) in [5.41, 5.74) is 1.05. The Morgan fingerprint density at radius 2 is 1.93 bits per heavy atom. The molecule has 0 amide bonds. The fraction of sp³-hybridized carbons (Fsp3) is 0.0909. The molecule has 0 fully saturated rings. The lowest BCUT2D eigenvalue weighted by molar-refractivity contribution is 1.56. The molecule has 1 rings (SSSR count). The van der Waals surface area contributed by atoms with Gasteiger partial charge in [-0.15, -0.1) is 0 Å². The highest BCUT2D eigenvalue weighted by Gasteiger charge is 1.98. The standard InChI is InChI=1S/C11H8N2S2/c12-8-14-7-11(15-9-13)6-10-4-2-1-3-5-10/h1-6H,7H2/b11-6+. The fourth-order valence-corrected chi connectivity index (χ4v) is 2.01. The Hall–Kier alpha value is -1.36. The molecule has 0 atom stereocenters. The van der Waals surface area contributed by atoms with Crippen LogP contribution in [0.5, 0.6) is 0 Å². The third-order valence-electron chi connectivity index (χ3n) is 1.58. The maximum Gasteiger partial charge on any atom is 0.138 e. The summed E-state index contributed by atoms with van der Waals surface area (Å²) >= 11 is 2.25. The van der Waals surface area contributed by atoms with Gasteiger partial charge in [-0.1, -0.05) is 30.3 Å². The lowest BCUT2D eigenvalue weighted by atomic mass is 10.2. The summed E-state index contributed by atoms with van der Waals surface area (Å²) in [5.74, 6) is 0.559. The Balaban J connectivity index is 2.76. The fourth-order valence-electron chi connectivity index (χ4n) is 0.998. The van der Waals surface area contributed by atoms with Crippen LogP contribution in [0.3, 0.4) is 0 Å². The predicted molar refractivity (Wildman–Crippen MR) is 65.7 cm³/mol. The molecule has 0 radical (unpaired) electrons. The van der Waals surface area contributed by atoms with Gasteiger partial charge in [0.2, 0.25) is 0 Å². The molecule has 0 saturated carbocycles. The molecule has 0 unspecified atom stereocenters. The van der Waals surface area contributed by atoms with Crippen LogP contribution < -0.4 is 0 Å². The van der Waals surface area contributed by atoms with E-state index in [1.54, 1.807) is 0 Å². The smallest absolute Gasteiger partial charge is 0.138 e. The molecule has 0 saturated heterocycles. The Morgan fingerprint density at radius 1 is 1.20 bits per heavy atom. The third kappa shape index (κ3) is 4.60. The zero-order valence-electron chi connectivity index (χ0n) is 7.88. The largest absolute Gasteiger partial charge is 0.185 e. The van der Waals surface area contributed by atoms with E-state index in [1.165, 1.54) is 0 Å². The van der Waals surface area contributed by atoms with E-state index in [0.717, 1.165) is 34.0 Å². The molecule has 0 aliphatic rings. The zero-order chi connectivity index (χ0) is 10.9. The van der Waals surface area contributed by atoms with E-state index in [1.807, 2.05) is 47.2 Å². The van der Waals surface area contributed by atoms with E-state index in [2.05, 4.69) is 0 Å². The van der Waals surface area contributed by atoms with Crippen LogP contribution >= 0.6 is 23.5 Å². The average molecular weight is 232 g/mol. The number of nitriles is 2. The van der Waals surface area contributed by atoms with E-state index in [0.29, 0.717) is 5.75 Å². The molecule has 0 N–H and O–H groups in total. The van der Waals surface area contributed by atoms with Crippen LogP contribution in [-0.4, -0.2) is 5.75 Å². The van der Waals surface area contributed by atoms with Gasteiger partial charge in [-0.25, -0.2) is 0 Å². The van der Waals surface area contributed by atoms with Crippen LogP contribution in [-0.2, 0) is 0 Å². The number of rotatable bonds is 4. The third-order valence-corrected chi connectivity index (χ3v) is 2.97. The van der Waals surface area contributed by atoms with Crippen molar-refractivity contribution < 1.29 is 0 Å². The van der Waals surface area contributed by atoms with E-state index < -0.39 is 0 Å². The monoisotopic (exact) mass is 232 g/mol. The van der Waals surface area contributed by atoms with Crippen molar-refractivity contribution >= 4 is 29.6 Å². The Bertz CT molecular complexity index is 412. The van der Waals surface area contributed by atoms with Crippen LogP contribution in [0.2, 0.25) is 0 Å². The number of nitrogens with zero attached hydrogens (tertiary/aromatic N) is 2. The van der Waals surface area contributed by atoms with Gasteiger partial charge in [-0.05, 0) is 35.2 Å². The first kappa shape index (κ1) is 11.7. The summed E-state index contributed by atoms with van der Waals surface area (Å²) in [4.78, 5) is 0.898. The van der Waals surface area contributed by atoms with Crippen LogP contribution in [0, 0.1) is 21.3 Å².